The van der Waals surface area contributed by atoms with Crippen molar-refractivity contribution >= 4 is 31.5 Å². The van der Waals surface area contributed by atoms with Crippen molar-refractivity contribution in [2.75, 3.05) is 23.1 Å². The molecule has 1 fully saturated rings. The van der Waals surface area contributed by atoms with Crippen molar-refractivity contribution in [2.24, 2.45) is 0 Å². The van der Waals surface area contributed by atoms with Crippen molar-refractivity contribution < 1.29 is 16.8 Å². The predicted octanol–water partition coefficient (Wildman–Crippen LogP) is 0.112. The van der Waals surface area contributed by atoms with Gasteiger partial charge in [-0.15, -0.1) is 11.6 Å². The molecule has 0 aromatic carbocycles. The zero-order valence-corrected chi connectivity index (χ0v) is 11.2. The van der Waals surface area contributed by atoms with Crippen LogP contribution in [0.25, 0.3) is 0 Å². The van der Waals surface area contributed by atoms with E-state index < -0.39 is 25.9 Å². The van der Waals surface area contributed by atoms with Gasteiger partial charge in [0.05, 0.1) is 17.3 Å². The largest absolute Gasteiger partial charge is 0.229 e. The molecule has 8 heteroatoms. The van der Waals surface area contributed by atoms with Crippen LogP contribution in [0.4, 0.5) is 0 Å². The van der Waals surface area contributed by atoms with Gasteiger partial charge < -0.3 is 0 Å². The molecule has 1 heterocycles. The molecule has 0 amide bonds. The molecule has 1 N–H and O–H groups in total. The van der Waals surface area contributed by atoms with Gasteiger partial charge in [0.2, 0.25) is 10.0 Å². The molecule has 0 saturated carbocycles. The quantitative estimate of drug-likeness (QED) is 0.729. The first-order valence-corrected chi connectivity index (χ1v) is 9.12. The third-order valence-electron chi connectivity index (χ3n) is 2.36. The van der Waals surface area contributed by atoms with Crippen LogP contribution in [0, 0.1) is 0 Å². The summed E-state index contributed by atoms with van der Waals surface area (Å²) in [6, 6.07) is -0.473. The number of hydrogen-bond donors (Lipinski definition) is 1. The van der Waals surface area contributed by atoms with Gasteiger partial charge in [-0.25, -0.2) is 21.6 Å². The molecule has 1 saturated heterocycles. The van der Waals surface area contributed by atoms with Crippen molar-refractivity contribution in [1.29, 1.82) is 0 Å². The van der Waals surface area contributed by atoms with Crippen molar-refractivity contribution in [3.05, 3.63) is 0 Å². The molecule has 96 valence electrons. The van der Waals surface area contributed by atoms with Gasteiger partial charge in [-0.3, -0.25) is 0 Å². The number of alkyl halides is 1. The Hall–Kier alpha value is 0.150. The van der Waals surface area contributed by atoms with Gasteiger partial charge in [0.1, 0.15) is 0 Å². The van der Waals surface area contributed by atoms with Crippen LogP contribution in [0.15, 0.2) is 0 Å². The summed E-state index contributed by atoms with van der Waals surface area (Å²) >= 11 is 5.41. The SMILES string of the molecule is O=S1(=O)CCCC(NS(=O)(=O)CCCCl)C1. The molecule has 5 nitrogen and oxygen atoms in total. The van der Waals surface area contributed by atoms with E-state index in [1.165, 1.54) is 0 Å². The highest BCUT2D eigenvalue weighted by atomic mass is 35.5. The van der Waals surface area contributed by atoms with Crippen LogP contribution < -0.4 is 4.72 Å². The fraction of sp³-hybridized carbons (Fsp3) is 1.00. The Labute approximate surface area is 102 Å². The molecule has 0 spiro atoms. The van der Waals surface area contributed by atoms with Gasteiger partial charge in [-0.05, 0) is 19.3 Å². The van der Waals surface area contributed by atoms with Gasteiger partial charge in [0, 0.05) is 11.9 Å². The van der Waals surface area contributed by atoms with Gasteiger partial charge in [-0.2, -0.15) is 0 Å². The lowest BCUT2D eigenvalue weighted by Crippen LogP contribution is -2.44. The van der Waals surface area contributed by atoms with Crippen LogP contribution in [0.2, 0.25) is 0 Å². The van der Waals surface area contributed by atoms with E-state index in [4.69, 9.17) is 11.6 Å². The summed E-state index contributed by atoms with van der Waals surface area (Å²) in [7, 11) is -6.47. The summed E-state index contributed by atoms with van der Waals surface area (Å²) in [5, 5.41) is 0. The number of rotatable bonds is 5. The first-order valence-electron chi connectivity index (χ1n) is 5.11. The molecular formula is C8H16ClNO4S2. The molecular weight excluding hydrogens is 274 g/mol. The van der Waals surface area contributed by atoms with E-state index in [9.17, 15) is 16.8 Å². The average molecular weight is 290 g/mol. The van der Waals surface area contributed by atoms with Crippen LogP contribution >= 0.6 is 11.6 Å². The smallest absolute Gasteiger partial charge is 0.211 e. The topological polar surface area (TPSA) is 80.3 Å². The maximum Gasteiger partial charge on any atom is 0.211 e. The van der Waals surface area contributed by atoms with Crippen LogP contribution in [0.1, 0.15) is 19.3 Å². The monoisotopic (exact) mass is 289 g/mol. The Morgan fingerprint density at radius 3 is 2.62 bits per heavy atom. The summed E-state index contributed by atoms with van der Waals surface area (Å²) < 4.78 is 48.0. The summed E-state index contributed by atoms with van der Waals surface area (Å²) in [5.74, 6) is 0.303. The Balaban J connectivity index is 2.54. The molecule has 16 heavy (non-hydrogen) atoms. The van der Waals surface area contributed by atoms with E-state index in [2.05, 4.69) is 4.72 Å². The number of nitrogens with one attached hydrogen (secondary N) is 1. The molecule has 1 atom stereocenters. The van der Waals surface area contributed by atoms with Crippen LogP contribution in [-0.4, -0.2) is 46.0 Å². The summed E-state index contributed by atoms with van der Waals surface area (Å²) in [4.78, 5) is 0. The van der Waals surface area contributed by atoms with E-state index in [1.807, 2.05) is 0 Å². The molecule has 1 aliphatic rings. The second-order valence-electron chi connectivity index (χ2n) is 3.93. The molecule has 0 radical (unpaired) electrons. The Bertz CT molecular complexity index is 417. The van der Waals surface area contributed by atoms with Crippen LogP contribution in [-0.2, 0) is 19.9 Å². The molecule has 0 aromatic rings. The second-order valence-corrected chi connectivity index (χ2v) is 8.41. The number of hydrogen-bond acceptors (Lipinski definition) is 4. The first kappa shape index (κ1) is 14.2. The predicted molar refractivity (Wildman–Crippen MR) is 63.9 cm³/mol. The summed E-state index contributed by atoms with van der Waals surface area (Å²) in [5.41, 5.74) is 0. The van der Waals surface area contributed by atoms with E-state index in [1.54, 1.807) is 0 Å². The van der Waals surface area contributed by atoms with Crippen molar-refractivity contribution in [1.82, 2.24) is 4.72 Å². The molecule has 0 aromatic heterocycles. The van der Waals surface area contributed by atoms with Crippen molar-refractivity contribution in [3.63, 3.8) is 0 Å². The highest BCUT2D eigenvalue weighted by Gasteiger charge is 2.27. The van der Waals surface area contributed by atoms with Crippen LogP contribution in [0.5, 0.6) is 0 Å². The Morgan fingerprint density at radius 2 is 2.06 bits per heavy atom. The summed E-state index contributed by atoms with van der Waals surface area (Å²) in [6.07, 6.45) is 1.47. The van der Waals surface area contributed by atoms with Gasteiger partial charge >= 0.3 is 0 Å². The first-order chi connectivity index (χ1) is 7.35. The minimum Gasteiger partial charge on any atom is -0.229 e. The Kier molecular flexibility index (Phi) is 5.03. The van der Waals surface area contributed by atoms with E-state index in [0.29, 0.717) is 19.3 Å². The molecule has 1 aliphatic heterocycles. The molecule has 0 bridgehead atoms. The molecule has 1 rings (SSSR count). The minimum atomic E-state index is -3.39. The lowest BCUT2D eigenvalue weighted by atomic mass is 10.2. The van der Waals surface area contributed by atoms with E-state index in [0.717, 1.165) is 0 Å². The molecule has 1 unspecified atom stereocenters. The highest BCUT2D eigenvalue weighted by Crippen LogP contribution is 2.13. The minimum absolute atomic E-state index is 0.0486. The zero-order chi connectivity index (χ0) is 12.2. The van der Waals surface area contributed by atoms with Gasteiger partial charge in [-0.1, -0.05) is 0 Å². The highest BCUT2D eigenvalue weighted by molar-refractivity contribution is 7.91. The van der Waals surface area contributed by atoms with Crippen molar-refractivity contribution in [2.45, 2.75) is 25.3 Å². The third kappa shape index (κ3) is 4.99. The standard InChI is InChI=1S/C8H16ClNO4S2/c9-4-2-6-16(13,14)10-8-3-1-5-15(11,12)7-8/h8,10H,1-7H2. The normalized spacial score (nSPS) is 25.4. The van der Waals surface area contributed by atoms with E-state index >= 15 is 0 Å². The maximum absolute atomic E-state index is 11.5. The second kappa shape index (κ2) is 5.66. The zero-order valence-electron chi connectivity index (χ0n) is 8.85. The lowest BCUT2D eigenvalue weighted by Gasteiger charge is -2.22. The van der Waals surface area contributed by atoms with E-state index in [-0.39, 0.29) is 23.1 Å². The van der Waals surface area contributed by atoms with Crippen molar-refractivity contribution in [3.8, 4) is 0 Å². The Morgan fingerprint density at radius 1 is 1.38 bits per heavy atom. The fourth-order valence-electron chi connectivity index (χ4n) is 1.67. The number of sulfone groups is 1. The van der Waals surface area contributed by atoms with Gasteiger partial charge in [0.25, 0.3) is 0 Å². The average Bonchev–Trinajstić information content (AvgIpc) is 2.12. The molecule has 0 aliphatic carbocycles. The maximum atomic E-state index is 11.5. The summed E-state index contributed by atoms with van der Waals surface area (Å²) in [6.45, 7) is 0. The fourth-order valence-corrected chi connectivity index (χ4v) is 5.06. The lowest BCUT2D eigenvalue weighted by molar-refractivity contribution is 0.517. The number of halogens is 1. The van der Waals surface area contributed by atoms with Crippen LogP contribution in [0.3, 0.4) is 0 Å². The number of sulfonamides is 1. The van der Waals surface area contributed by atoms with Gasteiger partial charge in [0.15, 0.2) is 9.84 Å². The third-order valence-corrected chi connectivity index (χ3v) is 5.96.